The van der Waals surface area contributed by atoms with Crippen LogP contribution in [0.2, 0.25) is 0 Å². The van der Waals surface area contributed by atoms with Gasteiger partial charge in [0.1, 0.15) is 0 Å². The minimum absolute atomic E-state index is 0.0600. The molecule has 0 saturated heterocycles. The molecule has 0 aliphatic carbocycles. The fourth-order valence-electron chi connectivity index (χ4n) is 1.36. The third-order valence-corrected chi connectivity index (χ3v) is 3.09. The first-order valence-corrected chi connectivity index (χ1v) is 6.43. The lowest BCUT2D eigenvalue weighted by atomic mass is 10.2. The highest BCUT2D eigenvalue weighted by Gasteiger charge is 2.11. The number of halogens is 1. The van der Waals surface area contributed by atoms with Gasteiger partial charge in [0, 0.05) is 5.69 Å². The van der Waals surface area contributed by atoms with Crippen LogP contribution in [0.25, 0.3) is 0 Å². The lowest BCUT2D eigenvalue weighted by Gasteiger charge is -2.08. The second kappa shape index (κ2) is 4.86. The zero-order valence-electron chi connectivity index (χ0n) is 9.62. The van der Waals surface area contributed by atoms with Crippen LogP contribution in [0.3, 0.4) is 0 Å². The van der Waals surface area contributed by atoms with Gasteiger partial charge < -0.3 is 5.32 Å². The summed E-state index contributed by atoms with van der Waals surface area (Å²) >= 11 is 0. The number of nitrogens with one attached hydrogen (secondary N) is 1. The van der Waals surface area contributed by atoms with Crippen LogP contribution < -0.4 is 5.32 Å². The van der Waals surface area contributed by atoms with Gasteiger partial charge in [0.2, 0.25) is 12.3 Å². The zero-order valence-corrected chi connectivity index (χ0v) is 10.4. The number of nitrogens with zero attached hydrogens (tertiary/aromatic N) is 3. The molecule has 0 aliphatic heterocycles. The van der Waals surface area contributed by atoms with Crippen molar-refractivity contribution in [3.63, 3.8) is 0 Å². The van der Waals surface area contributed by atoms with E-state index in [1.807, 2.05) is 0 Å². The number of hydrogen-bond acceptors (Lipinski definition) is 6. The number of aromatic nitrogens is 3. The molecule has 1 heterocycles. The smallest absolute Gasteiger partial charge is 0.314 e. The van der Waals surface area contributed by atoms with Gasteiger partial charge in [0.05, 0.1) is 4.90 Å². The summed E-state index contributed by atoms with van der Waals surface area (Å²) in [7, 11) is -4.26. The molecule has 0 spiro atoms. The molecule has 0 fully saturated rings. The molecule has 0 atom stereocenters. The molecule has 1 aromatic carbocycles. The molecule has 99 valence electrons. The zero-order chi connectivity index (χ0) is 14.0. The highest BCUT2D eigenvalue weighted by Crippen LogP contribution is 2.21. The lowest BCUT2D eigenvalue weighted by molar-refractivity contribution is 0.483. The maximum Gasteiger partial charge on any atom is 0.314 e. The molecule has 0 unspecified atom stereocenters. The molecular formula is C10H8FN4O3S. The van der Waals surface area contributed by atoms with Crippen molar-refractivity contribution in [2.24, 2.45) is 0 Å². The van der Waals surface area contributed by atoms with Gasteiger partial charge in [-0.05, 0) is 30.7 Å². The first-order chi connectivity index (χ1) is 8.86. The minimum Gasteiger partial charge on any atom is -0.324 e. The average molecular weight is 283 g/mol. The van der Waals surface area contributed by atoms with Gasteiger partial charge in [-0.3, -0.25) is 4.55 Å². The Bertz CT molecular complexity index is 720. The summed E-state index contributed by atoms with van der Waals surface area (Å²) in [4.78, 5) is 9.81. The molecule has 0 aliphatic rings. The van der Waals surface area contributed by atoms with Crippen molar-refractivity contribution in [1.82, 2.24) is 15.0 Å². The molecule has 0 amide bonds. The predicted molar refractivity (Wildman–Crippen MR) is 62.9 cm³/mol. The Kier molecular flexibility index (Phi) is 3.40. The minimum atomic E-state index is -4.26. The predicted octanol–water partition coefficient (Wildman–Crippen LogP) is 1.11. The second-order valence-corrected chi connectivity index (χ2v) is 5.03. The van der Waals surface area contributed by atoms with E-state index in [4.69, 9.17) is 4.55 Å². The van der Waals surface area contributed by atoms with Crippen molar-refractivity contribution >= 4 is 21.8 Å². The van der Waals surface area contributed by atoms with E-state index in [-0.39, 0.29) is 10.8 Å². The Morgan fingerprint density at radius 2 is 2.11 bits per heavy atom. The quantitative estimate of drug-likeness (QED) is 0.813. The van der Waals surface area contributed by atoms with Gasteiger partial charge in [-0.15, -0.1) is 0 Å². The van der Waals surface area contributed by atoms with Crippen LogP contribution in [0, 0.1) is 19.3 Å². The molecule has 2 aromatic rings. The largest absolute Gasteiger partial charge is 0.324 e. The van der Waals surface area contributed by atoms with E-state index >= 15 is 0 Å². The molecular weight excluding hydrogens is 275 g/mol. The van der Waals surface area contributed by atoms with Crippen LogP contribution in [0.1, 0.15) is 5.56 Å². The summed E-state index contributed by atoms with van der Waals surface area (Å²) < 4.78 is 43.5. The molecule has 2 rings (SSSR count). The number of anilines is 2. The molecule has 1 aromatic heterocycles. The monoisotopic (exact) mass is 283 g/mol. The summed E-state index contributed by atoms with van der Waals surface area (Å²) in [5.74, 6) is -0.0600. The van der Waals surface area contributed by atoms with Crippen molar-refractivity contribution in [3.05, 3.63) is 36.2 Å². The fourth-order valence-corrected chi connectivity index (χ4v) is 1.93. The Morgan fingerprint density at radius 1 is 1.37 bits per heavy atom. The van der Waals surface area contributed by atoms with Gasteiger partial charge in [-0.2, -0.15) is 27.8 Å². The average Bonchev–Trinajstić information content (AvgIpc) is 2.30. The van der Waals surface area contributed by atoms with E-state index in [1.165, 1.54) is 18.2 Å². The van der Waals surface area contributed by atoms with Crippen LogP contribution in [0.5, 0.6) is 0 Å². The van der Waals surface area contributed by atoms with E-state index in [0.29, 0.717) is 11.3 Å². The summed E-state index contributed by atoms with van der Waals surface area (Å²) in [6.07, 6.45) is 1.09. The van der Waals surface area contributed by atoms with Crippen LogP contribution >= 0.6 is 0 Å². The van der Waals surface area contributed by atoms with Gasteiger partial charge >= 0.3 is 6.08 Å². The Morgan fingerprint density at radius 3 is 2.68 bits per heavy atom. The normalized spacial score (nSPS) is 11.3. The fraction of sp³-hybridized carbons (Fsp3) is 0.100. The Hall–Kier alpha value is -2.13. The van der Waals surface area contributed by atoms with Crippen LogP contribution in [-0.2, 0) is 10.1 Å². The lowest BCUT2D eigenvalue weighted by Crippen LogP contribution is -2.03. The SMILES string of the molecule is Cc1cc(S(=O)(=O)O)ccc1Nc1n[c]nc(F)n1. The molecule has 1 radical (unpaired) electrons. The molecule has 0 bridgehead atoms. The Labute approximate surface area is 108 Å². The Balaban J connectivity index is 2.32. The van der Waals surface area contributed by atoms with E-state index < -0.39 is 16.2 Å². The summed E-state index contributed by atoms with van der Waals surface area (Å²) in [6.45, 7) is 1.61. The molecule has 7 nitrogen and oxygen atoms in total. The van der Waals surface area contributed by atoms with Gasteiger partial charge in [0.25, 0.3) is 10.1 Å². The van der Waals surface area contributed by atoms with Crippen LogP contribution in [-0.4, -0.2) is 27.9 Å². The van der Waals surface area contributed by atoms with Crippen molar-refractivity contribution in [3.8, 4) is 0 Å². The van der Waals surface area contributed by atoms with E-state index in [9.17, 15) is 12.8 Å². The van der Waals surface area contributed by atoms with Crippen molar-refractivity contribution < 1.29 is 17.4 Å². The number of hydrogen-bond donors (Lipinski definition) is 2. The molecule has 2 N–H and O–H groups in total. The molecule has 19 heavy (non-hydrogen) atoms. The van der Waals surface area contributed by atoms with Crippen LogP contribution in [0.15, 0.2) is 23.1 Å². The molecule has 9 heteroatoms. The first kappa shape index (κ1) is 13.3. The summed E-state index contributed by atoms with van der Waals surface area (Å²) in [6, 6.07) is 3.87. The van der Waals surface area contributed by atoms with Crippen molar-refractivity contribution in [2.45, 2.75) is 11.8 Å². The second-order valence-electron chi connectivity index (χ2n) is 3.60. The summed E-state index contributed by atoms with van der Waals surface area (Å²) in [5, 5.41) is 2.68. The van der Waals surface area contributed by atoms with Gasteiger partial charge in [-0.1, -0.05) is 0 Å². The number of aryl methyl sites for hydroxylation is 1. The van der Waals surface area contributed by atoms with Crippen molar-refractivity contribution in [1.29, 1.82) is 0 Å². The highest BCUT2D eigenvalue weighted by molar-refractivity contribution is 7.85. The third kappa shape index (κ3) is 3.20. The maximum atomic E-state index is 12.7. The number of benzene rings is 1. The van der Waals surface area contributed by atoms with Crippen molar-refractivity contribution in [2.75, 3.05) is 5.32 Å². The maximum absolute atomic E-state index is 12.7. The highest BCUT2D eigenvalue weighted by atomic mass is 32.2. The topological polar surface area (TPSA) is 105 Å². The van der Waals surface area contributed by atoms with E-state index in [2.05, 4.69) is 26.6 Å². The molecule has 0 saturated carbocycles. The first-order valence-electron chi connectivity index (χ1n) is 4.99. The summed E-state index contributed by atoms with van der Waals surface area (Å²) in [5.41, 5.74) is 0.974. The van der Waals surface area contributed by atoms with Gasteiger partial charge in [-0.25, -0.2) is 0 Å². The van der Waals surface area contributed by atoms with E-state index in [1.54, 1.807) is 6.92 Å². The van der Waals surface area contributed by atoms with Gasteiger partial charge in [0.15, 0.2) is 0 Å². The van der Waals surface area contributed by atoms with E-state index in [0.717, 1.165) is 0 Å². The third-order valence-electron chi connectivity index (χ3n) is 2.24. The van der Waals surface area contributed by atoms with Crippen LogP contribution in [0.4, 0.5) is 16.0 Å². The number of rotatable bonds is 3. The standard InChI is InChI=1S/C10H8FN4O3S/c1-6-4-7(19(16,17)18)2-3-8(6)14-10-13-5-12-9(11)15-10/h2-4H,1H3,(H,16,17,18)(H,12,13,14,15).